The zero-order valence-corrected chi connectivity index (χ0v) is 19.6. The highest BCUT2D eigenvalue weighted by molar-refractivity contribution is 5.86. The first-order valence-corrected chi connectivity index (χ1v) is 11.6. The minimum atomic E-state index is -4.51. The molecule has 2 aromatic rings. The SMILES string of the molecule is CC(C)Oc1cc(N2CCC(Oc3ccc([C@H](C)NC(=O)C4(C(F)(F)F)CC4)cc3)C2)ccn1. The molecule has 0 radical (unpaired) electrons. The predicted octanol–water partition coefficient (Wildman–Crippen LogP) is 5.05. The Morgan fingerprint density at radius 1 is 1.18 bits per heavy atom. The summed E-state index contributed by atoms with van der Waals surface area (Å²) >= 11 is 0. The minimum Gasteiger partial charge on any atom is -0.489 e. The van der Waals surface area contributed by atoms with Gasteiger partial charge in [-0.3, -0.25) is 4.79 Å². The van der Waals surface area contributed by atoms with E-state index in [0.29, 0.717) is 11.6 Å². The highest BCUT2D eigenvalue weighted by atomic mass is 19.4. The number of nitrogens with zero attached hydrogens (tertiary/aromatic N) is 2. The Hall–Kier alpha value is -2.97. The van der Waals surface area contributed by atoms with Crippen LogP contribution in [0.1, 0.15) is 51.6 Å². The van der Waals surface area contributed by atoms with Gasteiger partial charge in [-0.25, -0.2) is 4.98 Å². The summed E-state index contributed by atoms with van der Waals surface area (Å²) in [4.78, 5) is 18.7. The van der Waals surface area contributed by atoms with Gasteiger partial charge in [-0.15, -0.1) is 0 Å². The van der Waals surface area contributed by atoms with Gasteiger partial charge in [0, 0.05) is 30.9 Å². The van der Waals surface area contributed by atoms with Crippen LogP contribution < -0.4 is 19.7 Å². The molecule has 9 heteroatoms. The fourth-order valence-electron chi connectivity index (χ4n) is 4.17. The van der Waals surface area contributed by atoms with Crippen LogP contribution in [-0.4, -0.2) is 42.4 Å². The molecule has 2 fully saturated rings. The van der Waals surface area contributed by atoms with Gasteiger partial charge in [-0.2, -0.15) is 13.2 Å². The van der Waals surface area contributed by atoms with Gasteiger partial charge in [-0.1, -0.05) is 12.1 Å². The van der Waals surface area contributed by atoms with Gasteiger partial charge in [0.15, 0.2) is 0 Å². The number of aromatic nitrogens is 1. The average molecular weight is 478 g/mol. The maximum absolute atomic E-state index is 13.2. The second-order valence-corrected chi connectivity index (χ2v) is 9.34. The van der Waals surface area contributed by atoms with E-state index in [2.05, 4.69) is 15.2 Å². The van der Waals surface area contributed by atoms with Gasteiger partial charge < -0.3 is 19.7 Å². The maximum Gasteiger partial charge on any atom is 0.403 e. The zero-order valence-electron chi connectivity index (χ0n) is 19.6. The van der Waals surface area contributed by atoms with Crippen LogP contribution in [0.3, 0.4) is 0 Å². The Morgan fingerprint density at radius 2 is 1.88 bits per heavy atom. The first-order valence-electron chi connectivity index (χ1n) is 11.6. The summed E-state index contributed by atoms with van der Waals surface area (Å²) in [5.41, 5.74) is -0.458. The number of amides is 1. The van der Waals surface area contributed by atoms with Crippen molar-refractivity contribution in [1.82, 2.24) is 10.3 Å². The van der Waals surface area contributed by atoms with E-state index in [9.17, 15) is 18.0 Å². The molecule has 1 unspecified atom stereocenters. The van der Waals surface area contributed by atoms with Crippen molar-refractivity contribution in [1.29, 1.82) is 0 Å². The van der Waals surface area contributed by atoms with Gasteiger partial charge in [0.25, 0.3) is 0 Å². The molecule has 2 atom stereocenters. The number of benzene rings is 1. The van der Waals surface area contributed by atoms with Crippen LogP contribution in [0.4, 0.5) is 18.9 Å². The zero-order chi connectivity index (χ0) is 24.5. The van der Waals surface area contributed by atoms with E-state index in [1.165, 1.54) is 0 Å². The topological polar surface area (TPSA) is 63.7 Å². The molecule has 1 amide bonds. The third-order valence-corrected chi connectivity index (χ3v) is 6.34. The van der Waals surface area contributed by atoms with Crippen molar-refractivity contribution >= 4 is 11.6 Å². The predicted molar refractivity (Wildman–Crippen MR) is 122 cm³/mol. The number of hydrogen-bond donors (Lipinski definition) is 1. The van der Waals surface area contributed by atoms with Gasteiger partial charge in [-0.05, 0) is 57.4 Å². The number of nitrogens with one attached hydrogen (secondary N) is 1. The maximum atomic E-state index is 13.2. The third kappa shape index (κ3) is 5.23. The largest absolute Gasteiger partial charge is 0.489 e. The fraction of sp³-hybridized carbons (Fsp3) is 0.520. The van der Waals surface area contributed by atoms with Crippen molar-refractivity contribution < 1.29 is 27.4 Å². The summed E-state index contributed by atoms with van der Waals surface area (Å²) < 4.78 is 51.3. The molecule has 1 aliphatic heterocycles. The van der Waals surface area contributed by atoms with E-state index in [-0.39, 0.29) is 25.0 Å². The summed E-state index contributed by atoms with van der Waals surface area (Å²) in [5.74, 6) is 0.329. The molecule has 0 spiro atoms. The third-order valence-electron chi connectivity index (χ3n) is 6.34. The van der Waals surface area contributed by atoms with Gasteiger partial charge in [0.05, 0.1) is 18.7 Å². The van der Waals surface area contributed by atoms with Crippen molar-refractivity contribution in [2.75, 3.05) is 18.0 Å². The van der Waals surface area contributed by atoms with Gasteiger partial charge in [0.2, 0.25) is 11.8 Å². The van der Waals surface area contributed by atoms with E-state index >= 15 is 0 Å². The van der Waals surface area contributed by atoms with Crippen LogP contribution in [0, 0.1) is 5.41 Å². The van der Waals surface area contributed by atoms with E-state index in [0.717, 1.165) is 30.8 Å². The quantitative estimate of drug-likeness (QED) is 0.577. The Balaban J connectivity index is 1.31. The van der Waals surface area contributed by atoms with Crippen molar-refractivity contribution in [2.45, 2.75) is 64.5 Å². The average Bonchev–Trinajstić information content (AvgIpc) is 3.48. The van der Waals surface area contributed by atoms with E-state index in [1.54, 1.807) is 37.4 Å². The fourth-order valence-corrected chi connectivity index (χ4v) is 4.17. The molecule has 184 valence electrons. The smallest absolute Gasteiger partial charge is 0.403 e. The number of alkyl halides is 3. The van der Waals surface area contributed by atoms with Crippen LogP contribution in [0.15, 0.2) is 42.6 Å². The molecule has 1 saturated carbocycles. The number of carbonyl (C=O) groups is 1. The summed E-state index contributed by atoms with van der Waals surface area (Å²) in [6, 6.07) is 10.5. The summed E-state index contributed by atoms with van der Waals surface area (Å²) in [6.07, 6.45) is -2.15. The monoisotopic (exact) mass is 477 g/mol. The number of halogens is 3. The molecule has 1 aliphatic carbocycles. The first kappa shape index (κ1) is 24.2. The van der Waals surface area contributed by atoms with Crippen LogP contribution in [-0.2, 0) is 4.79 Å². The molecule has 1 N–H and O–H groups in total. The Bertz CT molecular complexity index is 1010. The van der Waals surface area contributed by atoms with E-state index < -0.39 is 23.5 Å². The summed E-state index contributed by atoms with van der Waals surface area (Å²) in [5, 5.41) is 2.52. The molecular weight excluding hydrogens is 447 g/mol. The standard InChI is InChI=1S/C25H30F3N3O3/c1-16(2)33-22-14-19(8-12-29-22)31-13-9-21(15-31)34-20-6-4-18(5-7-20)17(3)30-23(32)24(10-11-24)25(26,27)28/h4-8,12,14,16-17,21H,9-11,13,15H2,1-3H3,(H,30,32)/t17-,21?/m0/s1. The minimum absolute atomic E-state index is 0.00659. The number of rotatable bonds is 8. The molecule has 1 aromatic carbocycles. The van der Waals surface area contributed by atoms with Crippen LogP contribution >= 0.6 is 0 Å². The lowest BCUT2D eigenvalue weighted by molar-refractivity contribution is -0.192. The molecule has 6 nitrogen and oxygen atoms in total. The molecule has 2 aliphatic rings. The van der Waals surface area contributed by atoms with E-state index in [1.807, 2.05) is 26.0 Å². The highest BCUT2D eigenvalue weighted by Crippen LogP contribution is 2.57. The molecule has 4 rings (SSSR count). The van der Waals surface area contributed by atoms with Crippen LogP contribution in [0.2, 0.25) is 0 Å². The lowest BCUT2D eigenvalue weighted by Gasteiger charge is -2.22. The van der Waals surface area contributed by atoms with Gasteiger partial charge >= 0.3 is 6.18 Å². The second-order valence-electron chi connectivity index (χ2n) is 9.34. The number of carbonyl (C=O) groups excluding carboxylic acids is 1. The van der Waals surface area contributed by atoms with Crippen molar-refractivity contribution in [3.63, 3.8) is 0 Å². The molecule has 2 heterocycles. The van der Waals surface area contributed by atoms with Crippen molar-refractivity contribution in [3.05, 3.63) is 48.2 Å². The summed E-state index contributed by atoms with van der Waals surface area (Å²) in [6.45, 7) is 7.16. The number of anilines is 1. The second kappa shape index (κ2) is 9.35. The van der Waals surface area contributed by atoms with Crippen LogP contribution in [0.5, 0.6) is 11.6 Å². The van der Waals surface area contributed by atoms with Crippen molar-refractivity contribution in [3.8, 4) is 11.6 Å². The Labute approximate surface area is 197 Å². The first-order chi connectivity index (χ1) is 16.1. The summed E-state index contributed by atoms with van der Waals surface area (Å²) in [7, 11) is 0. The normalized spacial score (nSPS) is 20.2. The molecule has 34 heavy (non-hydrogen) atoms. The molecule has 1 aromatic heterocycles. The Kier molecular flexibility index (Phi) is 6.64. The number of ether oxygens (including phenoxy) is 2. The lowest BCUT2D eigenvalue weighted by Crippen LogP contribution is -2.42. The molecule has 1 saturated heterocycles. The van der Waals surface area contributed by atoms with Crippen LogP contribution in [0.25, 0.3) is 0 Å². The lowest BCUT2D eigenvalue weighted by atomic mass is 10.0. The Morgan fingerprint density at radius 3 is 2.50 bits per heavy atom. The van der Waals surface area contributed by atoms with E-state index in [4.69, 9.17) is 9.47 Å². The molecule has 0 bridgehead atoms. The highest BCUT2D eigenvalue weighted by Gasteiger charge is 2.68. The molecular formula is C25H30F3N3O3. The number of hydrogen-bond acceptors (Lipinski definition) is 5. The number of pyridine rings is 1. The van der Waals surface area contributed by atoms with Crippen molar-refractivity contribution in [2.24, 2.45) is 5.41 Å². The van der Waals surface area contributed by atoms with Gasteiger partial charge in [0.1, 0.15) is 17.3 Å².